The molecule has 0 aliphatic carbocycles. The molecule has 63 heavy (non-hydrogen) atoms. The largest absolute Gasteiger partial charge is 0.495 e. The van der Waals surface area contributed by atoms with Gasteiger partial charge in [0.15, 0.2) is 5.82 Å². The first-order valence-corrected chi connectivity index (χ1v) is 21.7. The van der Waals surface area contributed by atoms with Crippen molar-refractivity contribution in [1.82, 2.24) is 43.4 Å². The number of carbonyl (C=O) groups excluding carboxylic acids is 2. The lowest BCUT2D eigenvalue weighted by Crippen LogP contribution is -2.44. The maximum Gasteiger partial charge on any atom is 0.329 e. The first-order valence-electron chi connectivity index (χ1n) is 21.7. The molecule has 2 fully saturated rings. The first kappa shape index (κ1) is 42.0. The average Bonchev–Trinajstić information content (AvgIpc) is 3.97. The van der Waals surface area contributed by atoms with Crippen molar-refractivity contribution in [3.05, 3.63) is 93.7 Å². The second-order valence-corrected chi connectivity index (χ2v) is 16.9. The Morgan fingerprint density at radius 1 is 1.00 bits per heavy atom. The maximum atomic E-state index is 15.1. The number of piperidine rings is 2. The van der Waals surface area contributed by atoms with Gasteiger partial charge in [-0.05, 0) is 80.6 Å². The summed E-state index contributed by atoms with van der Waals surface area (Å²) in [4.78, 5) is 48.8. The van der Waals surface area contributed by atoms with Gasteiger partial charge in [-0.3, -0.25) is 33.6 Å². The number of aromatic nitrogens is 6. The molecule has 8 heterocycles. The number of hydrogen-bond acceptors (Lipinski definition) is 9. The van der Waals surface area contributed by atoms with E-state index in [1.54, 1.807) is 51.0 Å². The number of halogens is 2. The van der Waals surface area contributed by atoms with Crippen molar-refractivity contribution < 1.29 is 23.1 Å². The van der Waals surface area contributed by atoms with Crippen LogP contribution in [0.4, 0.5) is 20.3 Å². The predicted octanol–water partition coefficient (Wildman–Crippen LogP) is 6.08. The Labute approximate surface area is 364 Å². The highest BCUT2D eigenvalue weighted by Gasteiger charge is 2.35. The van der Waals surface area contributed by atoms with Gasteiger partial charge in [0.2, 0.25) is 11.8 Å². The van der Waals surface area contributed by atoms with E-state index < -0.39 is 18.4 Å². The Kier molecular flexibility index (Phi) is 11.6. The summed E-state index contributed by atoms with van der Waals surface area (Å²) in [6.07, 6.45) is 13.1. The third-order valence-electron chi connectivity index (χ3n) is 13.0. The normalized spacial score (nSPS) is 18.8. The minimum atomic E-state index is -2.70. The summed E-state index contributed by atoms with van der Waals surface area (Å²) in [6, 6.07) is 4.85. The van der Waals surface area contributed by atoms with Crippen LogP contribution in [0.3, 0.4) is 0 Å². The molecule has 16 heteroatoms. The molecule has 4 aliphatic heterocycles. The summed E-state index contributed by atoms with van der Waals surface area (Å²) < 4.78 is 42.8. The van der Waals surface area contributed by atoms with Crippen LogP contribution in [0.1, 0.15) is 90.8 Å². The molecule has 1 atom stereocenters. The van der Waals surface area contributed by atoms with Crippen LogP contribution in [0.15, 0.2) is 54.2 Å². The van der Waals surface area contributed by atoms with Crippen LogP contribution in [0.5, 0.6) is 5.75 Å². The number of nitrogens with zero attached hydrogens (tertiary/aromatic N) is 9. The van der Waals surface area contributed by atoms with E-state index in [2.05, 4.69) is 55.1 Å². The molecule has 1 unspecified atom stereocenters. The highest BCUT2D eigenvalue weighted by atomic mass is 19.3. The number of nitrogens with one attached hydrogen (secondary N) is 1. The van der Waals surface area contributed by atoms with E-state index in [4.69, 9.17) is 9.84 Å². The number of likely N-dealkylation sites (N-methyl/N-ethyl adjacent to an activating group) is 1. The first-order chi connectivity index (χ1) is 30.5. The molecular formula is C47H52F2N10O4. The Morgan fingerprint density at radius 3 is 2.59 bits per heavy atom. The molecule has 1 N–H and O–H groups in total. The second kappa shape index (κ2) is 17.5. The van der Waals surface area contributed by atoms with Gasteiger partial charge in [0.05, 0.1) is 37.3 Å². The van der Waals surface area contributed by atoms with E-state index in [1.165, 1.54) is 20.4 Å². The number of benzene rings is 1. The van der Waals surface area contributed by atoms with E-state index in [-0.39, 0.29) is 36.0 Å². The zero-order chi connectivity index (χ0) is 43.9. The molecule has 0 bridgehead atoms. The number of imide groups is 1. The fourth-order valence-electron chi connectivity index (χ4n) is 9.77. The predicted molar refractivity (Wildman–Crippen MR) is 237 cm³/mol. The van der Waals surface area contributed by atoms with E-state index in [9.17, 15) is 14.4 Å². The second-order valence-electron chi connectivity index (χ2n) is 16.9. The molecule has 14 nitrogen and oxygen atoms in total. The number of alkyl halides is 2. The quantitative estimate of drug-likeness (QED) is 0.131. The molecule has 4 aliphatic rings. The molecule has 2 amide bonds. The number of amides is 2. The van der Waals surface area contributed by atoms with Gasteiger partial charge in [-0.15, -0.1) is 0 Å². The zero-order valence-electron chi connectivity index (χ0n) is 35.9. The van der Waals surface area contributed by atoms with Gasteiger partial charge in [-0.25, -0.2) is 18.6 Å². The molecule has 1 aromatic carbocycles. The fraction of sp³-hybridized carbons (Fsp3) is 0.426. The molecular weight excluding hydrogens is 807 g/mol. The van der Waals surface area contributed by atoms with Crippen LogP contribution in [0.25, 0.3) is 28.9 Å². The molecule has 328 valence electrons. The third-order valence-corrected chi connectivity index (χ3v) is 13.0. The number of methoxy groups -OCH3 is 1. The Morgan fingerprint density at radius 2 is 1.83 bits per heavy atom. The van der Waals surface area contributed by atoms with Crippen LogP contribution in [0.2, 0.25) is 0 Å². The molecule has 0 saturated carbocycles. The molecule has 2 saturated heterocycles. The van der Waals surface area contributed by atoms with Crippen molar-refractivity contribution in [2.75, 3.05) is 51.8 Å². The Bertz CT molecular complexity index is 2760. The summed E-state index contributed by atoms with van der Waals surface area (Å²) in [5.74, 6) is 7.11. The lowest BCUT2D eigenvalue weighted by molar-refractivity contribution is -0.135. The summed E-state index contributed by atoms with van der Waals surface area (Å²) in [5.41, 5.74) is 6.69. The average molecular weight is 859 g/mol. The van der Waals surface area contributed by atoms with Crippen LogP contribution < -0.4 is 20.6 Å². The molecule has 4 aromatic heterocycles. The van der Waals surface area contributed by atoms with Crippen molar-refractivity contribution in [3.8, 4) is 28.7 Å². The van der Waals surface area contributed by atoms with Gasteiger partial charge in [-0.1, -0.05) is 24.5 Å². The van der Waals surface area contributed by atoms with Gasteiger partial charge in [0, 0.05) is 99.5 Å². The SMILES string of the molecule is C=Cc1c(/C=C\CC#CCN2CCC(n3nc(N4CCCc5cc(-c6cc7nccn7cc6OC)c(C(F)F)cc54)c4c3CCN(C)C4)CC2)n(C2CCC(=O)NC2=O)c(=O)n1C. The molecule has 0 radical (unpaired) electrons. The Hall–Kier alpha value is -6.31. The van der Waals surface area contributed by atoms with Crippen molar-refractivity contribution in [1.29, 1.82) is 0 Å². The molecule has 9 rings (SSSR count). The highest BCUT2D eigenvalue weighted by molar-refractivity contribution is 5.99. The van der Waals surface area contributed by atoms with Crippen LogP contribution in [-0.4, -0.2) is 96.8 Å². The Balaban J connectivity index is 0.904. The topological polar surface area (TPSA) is 127 Å². The number of pyridine rings is 1. The van der Waals surface area contributed by atoms with Gasteiger partial charge >= 0.3 is 5.69 Å². The standard InChI is InChI=1S/C47H52F2N10O4/c1-5-36-38(58(47(62)54(36)3)39-13-14-43(60)51-46(39)61)12-8-6-7-9-19-55-22-15-31(16-23-55)59-37-17-21-53(2)28-35(37)45(52-59)57-20-10-11-30-25-32(34(44(48)49)26-40(30)57)33-27-42-50-18-24-56(42)29-41(33)63-4/h5,8,12,18,24-27,29,31,39,44H,1,6,10-11,13-17,19-23,28H2,2-4H3,(H,51,60,61)/b12-8-. The highest BCUT2D eigenvalue weighted by Crippen LogP contribution is 2.45. The number of fused-ring (bicyclic) bond motifs is 3. The maximum absolute atomic E-state index is 15.1. The van der Waals surface area contributed by atoms with Gasteiger partial charge in [0.1, 0.15) is 17.4 Å². The number of rotatable bonds is 10. The minimum Gasteiger partial charge on any atom is -0.495 e. The number of ether oxygens (including phenoxy) is 1. The van der Waals surface area contributed by atoms with Crippen LogP contribution in [0, 0.1) is 11.8 Å². The van der Waals surface area contributed by atoms with Gasteiger partial charge in [-0.2, -0.15) is 5.10 Å². The van der Waals surface area contributed by atoms with Crippen molar-refractivity contribution >= 4 is 41.1 Å². The number of anilines is 2. The van der Waals surface area contributed by atoms with Crippen molar-refractivity contribution in [3.63, 3.8) is 0 Å². The van der Waals surface area contributed by atoms with E-state index in [0.717, 1.165) is 75.4 Å². The van der Waals surface area contributed by atoms with Crippen LogP contribution in [-0.2, 0) is 36.0 Å². The van der Waals surface area contributed by atoms with Crippen molar-refractivity contribution in [2.45, 2.75) is 76.4 Å². The third kappa shape index (κ3) is 7.88. The minimum absolute atomic E-state index is 0.0412. The van der Waals surface area contributed by atoms with E-state index in [0.29, 0.717) is 53.4 Å². The van der Waals surface area contributed by atoms with Crippen LogP contribution >= 0.6 is 0 Å². The fourth-order valence-corrected chi connectivity index (χ4v) is 9.77. The molecule has 5 aromatic rings. The summed E-state index contributed by atoms with van der Waals surface area (Å²) >= 11 is 0. The summed E-state index contributed by atoms with van der Waals surface area (Å²) in [5, 5.41) is 7.72. The zero-order valence-corrected chi connectivity index (χ0v) is 35.9. The smallest absolute Gasteiger partial charge is 0.329 e. The van der Waals surface area contributed by atoms with Crippen molar-refractivity contribution in [2.24, 2.45) is 7.05 Å². The number of aryl methyl sites for hydroxylation is 1. The monoisotopic (exact) mass is 858 g/mol. The number of hydrogen-bond donors (Lipinski definition) is 1. The lowest BCUT2D eigenvalue weighted by atomic mass is 9.91. The lowest BCUT2D eigenvalue weighted by Gasteiger charge is -2.33. The van der Waals surface area contributed by atoms with Gasteiger partial charge < -0.3 is 18.9 Å². The summed E-state index contributed by atoms with van der Waals surface area (Å²) in [6.45, 7) is 8.59. The molecule has 0 spiro atoms. The summed E-state index contributed by atoms with van der Waals surface area (Å²) in [7, 11) is 5.32. The van der Waals surface area contributed by atoms with E-state index >= 15 is 8.78 Å². The number of likely N-dealkylation sites (tertiary alicyclic amines) is 1. The van der Waals surface area contributed by atoms with E-state index in [1.807, 2.05) is 22.6 Å². The van der Waals surface area contributed by atoms with Gasteiger partial charge in [0.25, 0.3) is 6.43 Å². The number of carbonyl (C=O) groups is 2. The number of allylic oxidation sites excluding steroid dienone is 1. The number of imidazole rings is 2.